The number of phenolic OH excluding ortho intramolecular Hbond substituents is 25. The zero-order valence-corrected chi connectivity index (χ0v) is 60.2. The second-order valence-electron chi connectivity index (χ2n) is 26.6. The molecule has 9 bridgehead atoms. The number of fused-ring (bicyclic) bond motifs is 7. The predicted octanol–water partition coefficient (Wildman–Crippen LogP) is 3.15. The first-order chi connectivity index (χ1) is 58.0. The quantitative estimate of drug-likeness (QED) is 0.0646. The maximum atomic E-state index is 15.7. The van der Waals surface area contributed by atoms with Crippen molar-refractivity contribution in [1.82, 2.24) is 0 Å². The molecule has 48 heteroatoms. The molecule has 48 nitrogen and oxygen atoms in total. The zero-order valence-electron chi connectivity index (χ0n) is 60.2. The third kappa shape index (κ3) is 13.9. The van der Waals surface area contributed by atoms with E-state index < -0.39 is 367 Å². The van der Waals surface area contributed by atoms with Gasteiger partial charge < -0.3 is 194 Å². The minimum Gasteiger partial charge on any atom is -0.504 e. The van der Waals surface area contributed by atoms with Gasteiger partial charge in [-0.2, -0.15) is 0 Å². The summed E-state index contributed by atoms with van der Waals surface area (Å²) in [4.78, 5) is 136. The van der Waals surface area contributed by atoms with Gasteiger partial charge in [0.05, 0.1) is 33.4 Å². The minimum absolute atomic E-state index is 0.0703. The summed E-state index contributed by atoms with van der Waals surface area (Å²) in [7, 11) is 0. The molecule has 6 aliphatic heterocycles. The van der Waals surface area contributed by atoms with Crippen molar-refractivity contribution in [3.63, 3.8) is 0 Å². The molecule has 26 N–H and O–H groups in total. The summed E-state index contributed by atoms with van der Waals surface area (Å²) in [6.07, 6.45) is -29.0. The van der Waals surface area contributed by atoms with Crippen LogP contribution in [-0.2, 0) is 52.1 Å². The molecule has 0 saturated carbocycles. The lowest BCUT2D eigenvalue weighted by Gasteiger charge is -2.43. The highest BCUT2D eigenvalue weighted by molar-refractivity contribution is 6.11. The molecule has 6 aliphatic rings. The van der Waals surface area contributed by atoms with Crippen LogP contribution in [-0.4, -0.2) is 261 Å². The average molecular weight is 1720 g/mol. The topological polar surface area (TPSA) is 800 Å². The Labute approximate surface area is 675 Å². The van der Waals surface area contributed by atoms with E-state index in [0.717, 1.165) is 0 Å². The summed E-state index contributed by atoms with van der Waals surface area (Å²) in [6.45, 7) is -3.20. The molecule has 0 amide bonds. The number of ether oxygens (including phenoxy) is 13. The van der Waals surface area contributed by atoms with Crippen molar-refractivity contribution in [2.45, 2.75) is 61.4 Å². The molecule has 0 spiro atoms. The molecule has 0 aliphatic carbocycles. The maximum absolute atomic E-state index is 15.7. The molecule has 0 radical (unpaired) electrons. The van der Waals surface area contributed by atoms with Gasteiger partial charge in [-0.3, -0.25) is 0 Å². The molecular formula is C75H52O48. The Morgan fingerprint density at radius 3 is 1.05 bits per heavy atom. The van der Waals surface area contributed by atoms with Crippen LogP contribution in [0.25, 0.3) is 22.3 Å². The number of hydrogen-bond acceptors (Lipinski definition) is 48. The number of hydrogen-bond donors (Lipinski definition) is 26. The third-order valence-corrected chi connectivity index (χ3v) is 19.2. The van der Waals surface area contributed by atoms with E-state index in [1.54, 1.807) is 0 Å². The van der Waals surface area contributed by atoms with Crippen molar-refractivity contribution < 1.29 is 237 Å². The Hall–Kier alpha value is -17.3. The Bertz CT molecular complexity index is 6100. The molecular weight excluding hydrogens is 1670 g/mol. The van der Waals surface area contributed by atoms with Gasteiger partial charge in [-0.25, -0.2) is 43.2 Å². The number of esters is 9. The second-order valence-corrected chi connectivity index (χ2v) is 26.6. The van der Waals surface area contributed by atoms with Gasteiger partial charge in [0.15, 0.2) is 152 Å². The summed E-state index contributed by atoms with van der Waals surface area (Å²) in [6, 6.07) is 3.55. The molecule has 15 rings (SSSR count). The first kappa shape index (κ1) is 82.2. The lowest BCUT2D eigenvalue weighted by Crippen LogP contribution is -2.63. The van der Waals surface area contributed by atoms with Crippen LogP contribution in [0.4, 0.5) is 0 Å². The summed E-state index contributed by atoms with van der Waals surface area (Å²) in [5.74, 6) is -65.2. The van der Waals surface area contributed by atoms with E-state index in [4.69, 9.17) is 61.6 Å². The van der Waals surface area contributed by atoms with Crippen molar-refractivity contribution in [2.24, 2.45) is 0 Å². The number of cyclic esters (lactones) is 1. The number of aliphatic hydroxyl groups is 1. The van der Waals surface area contributed by atoms with Crippen LogP contribution >= 0.6 is 0 Å². The predicted molar refractivity (Wildman–Crippen MR) is 378 cm³/mol. The monoisotopic (exact) mass is 1720 g/mol. The third-order valence-electron chi connectivity index (χ3n) is 19.2. The number of phenols is 25. The smallest absolute Gasteiger partial charge is 0.342 e. The van der Waals surface area contributed by atoms with E-state index in [9.17, 15) is 152 Å². The molecule has 6 heterocycles. The number of carbonyl (C=O) groups excluding carboxylic acids is 9. The van der Waals surface area contributed by atoms with Crippen LogP contribution in [0.5, 0.6) is 167 Å². The van der Waals surface area contributed by atoms with Crippen molar-refractivity contribution >= 4 is 53.7 Å². The van der Waals surface area contributed by atoms with E-state index in [2.05, 4.69) is 0 Å². The summed E-state index contributed by atoms with van der Waals surface area (Å²) in [5, 5.41) is 292. The normalized spacial score (nSPS) is 20.5. The molecule has 9 aromatic carbocycles. The van der Waals surface area contributed by atoms with Crippen LogP contribution in [0.15, 0.2) is 72.8 Å². The van der Waals surface area contributed by atoms with Crippen molar-refractivity contribution in [1.29, 1.82) is 0 Å². The van der Waals surface area contributed by atoms with Gasteiger partial charge in [-0.15, -0.1) is 0 Å². The lowest BCUT2D eigenvalue weighted by molar-refractivity contribution is -0.284. The number of benzene rings is 9. The summed E-state index contributed by atoms with van der Waals surface area (Å²) < 4.78 is 74.3. The fourth-order valence-electron chi connectivity index (χ4n) is 13.2. The van der Waals surface area contributed by atoms with Gasteiger partial charge in [0.25, 0.3) is 0 Å². The fraction of sp³-hybridized carbons (Fsp3) is 0.160. The van der Waals surface area contributed by atoms with Gasteiger partial charge in [-0.05, 0) is 48.5 Å². The van der Waals surface area contributed by atoms with Crippen molar-refractivity contribution in [3.8, 4) is 189 Å². The molecule has 2 fully saturated rings. The average Bonchev–Trinajstić information content (AvgIpc) is 1.74. The second kappa shape index (κ2) is 30.3. The van der Waals surface area contributed by atoms with Gasteiger partial charge in [0.1, 0.15) is 42.1 Å². The van der Waals surface area contributed by atoms with Gasteiger partial charge in [-0.1, -0.05) is 0 Å². The Morgan fingerprint density at radius 1 is 0.293 bits per heavy atom. The van der Waals surface area contributed by atoms with E-state index >= 15 is 24.0 Å². The van der Waals surface area contributed by atoms with Crippen LogP contribution in [0.2, 0.25) is 0 Å². The van der Waals surface area contributed by atoms with Crippen LogP contribution in [0, 0.1) is 0 Å². The molecule has 123 heavy (non-hydrogen) atoms. The van der Waals surface area contributed by atoms with Crippen LogP contribution in [0.3, 0.4) is 0 Å². The van der Waals surface area contributed by atoms with Crippen molar-refractivity contribution in [3.05, 3.63) is 123 Å². The van der Waals surface area contributed by atoms with E-state index in [1.165, 1.54) is 0 Å². The fourth-order valence-corrected chi connectivity index (χ4v) is 13.2. The first-order valence-corrected chi connectivity index (χ1v) is 34.2. The number of carbonyl (C=O) groups is 9. The molecule has 10 unspecified atom stereocenters. The Morgan fingerprint density at radius 2 is 0.610 bits per heavy atom. The Kier molecular flexibility index (Phi) is 20.3. The maximum Gasteiger partial charge on any atom is 0.342 e. The van der Waals surface area contributed by atoms with Gasteiger partial charge in [0, 0.05) is 46.5 Å². The van der Waals surface area contributed by atoms with Crippen LogP contribution < -0.4 is 9.47 Å². The molecule has 2 saturated heterocycles. The van der Waals surface area contributed by atoms with Gasteiger partial charge >= 0.3 is 53.7 Å². The molecule has 9 aromatic rings. The number of aromatic hydroxyl groups is 25. The highest BCUT2D eigenvalue weighted by Gasteiger charge is 2.58. The first-order valence-electron chi connectivity index (χ1n) is 34.2. The summed E-state index contributed by atoms with van der Waals surface area (Å²) in [5.41, 5.74) is -18.1. The summed E-state index contributed by atoms with van der Waals surface area (Å²) >= 11 is 0. The number of rotatable bonds is 6. The molecule has 640 valence electrons. The van der Waals surface area contributed by atoms with E-state index in [-0.39, 0.29) is 36.4 Å². The Balaban J connectivity index is 1.05. The van der Waals surface area contributed by atoms with Crippen molar-refractivity contribution in [2.75, 3.05) is 13.2 Å². The highest BCUT2D eigenvalue weighted by Crippen LogP contribution is 2.59. The highest BCUT2D eigenvalue weighted by atomic mass is 16.8. The van der Waals surface area contributed by atoms with E-state index in [1.807, 2.05) is 0 Å². The lowest BCUT2D eigenvalue weighted by atomic mass is 9.91. The number of aliphatic hydroxyl groups excluding tert-OH is 1. The van der Waals surface area contributed by atoms with Gasteiger partial charge in [0.2, 0.25) is 64.1 Å². The minimum atomic E-state index is -3.16. The molecule has 10 atom stereocenters. The van der Waals surface area contributed by atoms with E-state index in [0.29, 0.717) is 36.4 Å². The molecule has 0 aromatic heterocycles. The SMILES string of the molecule is O=C(OC1OC2COC(=O)c3cc4c(O)c(O)c3-c3c(cc(O)c(O)c3O)C(=O)OC2C(OC(=O)c2ccc(O)c(O)c2O)C1OC(=O)c1cc(O)c(O)c(O)c1Oc1cc2c(c(O)c1O)-c1c(cc(O)c(O)c1O)C(=O)OCC1OC(O)C(OC(=O)c3cc(O)c(O)c(O)c3O4)C(OC(=O)c3cc(O)c(O)c(O)c3)C1OC2=O)c1cc(O)c(O)c(O)c1. The van der Waals surface area contributed by atoms with Crippen LogP contribution in [0.1, 0.15) is 93.2 Å². The standard InChI is InChI=1S/C75H52O48/c76-24-2-1-17(41(85)44(24)88)69(105)120-62-60-36-14-112-68(104)20-11-33(49(93)53(97)39(20)38-19(70(106)118-60)8-30(82)46(90)52(38)96)113-57-22(9-31(83)47(91)55(57)99)72(108)121-63-61(119-65(101)15-3-25(77)42(86)26(78)4-15)59-35(115-74(63)110)13-111-67(103)18-7-29(81)45(89)51(95)37(18)40-21(71(107)117-59)12-34(50(94)54(40)98)114-58-23(10-32(84)48(92)56(58)100)73(109)122-64(62)75(116-36)123-66(102)16-5-27(79)43(87)28(80)6-16/h1-12,35-36,59-64,74-100,110H,13-14H2. The largest absolute Gasteiger partial charge is 0.504 e. The zero-order chi connectivity index (χ0) is 89.3.